The fourth-order valence-electron chi connectivity index (χ4n) is 7.33. The van der Waals surface area contributed by atoms with Crippen molar-refractivity contribution in [2.75, 3.05) is 26.7 Å². The lowest BCUT2D eigenvalue weighted by Gasteiger charge is -2.44. The van der Waals surface area contributed by atoms with Crippen LogP contribution in [0.2, 0.25) is 0 Å². The van der Waals surface area contributed by atoms with E-state index in [1.165, 1.54) is 0 Å². The summed E-state index contributed by atoms with van der Waals surface area (Å²) in [6.07, 6.45) is 3.49. The summed E-state index contributed by atoms with van der Waals surface area (Å²) in [4.78, 5) is 31.3. The molecule has 3 heterocycles. The highest BCUT2D eigenvalue weighted by Gasteiger charge is 2.50. The van der Waals surface area contributed by atoms with Crippen LogP contribution in [-0.2, 0) is 16.8 Å². The van der Waals surface area contributed by atoms with Crippen molar-refractivity contribution in [1.29, 1.82) is 0 Å². The van der Waals surface area contributed by atoms with Crippen LogP contribution in [-0.4, -0.2) is 75.5 Å². The number of hydrogen-bond acceptors (Lipinski definition) is 8. The lowest BCUT2D eigenvalue weighted by molar-refractivity contribution is -0.127. The number of ether oxygens (including phenoxy) is 2. The quantitative estimate of drug-likeness (QED) is 0.173. The van der Waals surface area contributed by atoms with E-state index in [0.717, 1.165) is 24.0 Å². The number of primary amides is 1. The third kappa shape index (κ3) is 5.64. The van der Waals surface area contributed by atoms with Gasteiger partial charge in [-0.3, -0.25) is 4.79 Å². The van der Waals surface area contributed by atoms with Gasteiger partial charge in [0.25, 0.3) is 0 Å². The maximum atomic E-state index is 13.4. The van der Waals surface area contributed by atoms with E-state index in [9.17, 15) is 24.9 Å². The zero-order valence-electron chi connectivity index (χ0n) is 25.7. The van der Waals surface area contributed by atoms with E-state index in [0.29, 0.717) is 52.9 Å². The minimum absolute atomic E-state index is 0.106. The molecule has 240 valence electrons. The van der Waals surface area contributed by atoms with Gasteiger partial charge in [-0.15, -0.1) is 0 Å². The second-order valence-electron chi connectivity index (χ2n) is 12.8. The first-order valence-corrected chi connectivity index (χ1v) is 15.5. The number of piperidine rings is 1. The van der Waals surface area contributed by atoms with E-state index in [4.69, 9.17) is 19.6 Å². The maximum Gasteiger partial charge on any atom is 0.352 e. The van der Waals surface area contributed by atoms with Gasteiger partial charge in [-0.25, -0.2) is 4.79 Å². The number of fused-ring (bicyclic) bond motifs is 2. The highest BCUT2D eigenvalue weighted by atomic mass is 16.5. The number of furan rings is 1. The van der Waals surface area contributed by atoms with E-state index < -0.39 is 22.9 Å². The molecule has 45 heavy (non-hydrogen) atoms. The number of H-pyrrole nitrogens is 1. The summed E-state index contributed by atoms with van der Waals surface area (Å²) in [6.45, 7) is 4.35. The van der Waals surface area contributed by atoms with Crippen molar-refractivity contribution >= 4 is 33.7 Å². The number of nitrogens with two attached hydrogens (primary N) is 1. The molecule has 0 spiro atoms. The standard InChI is InChI=1S/C34H41N3O8/c1-20-17-37(15-9-23(20)38)16-14-33(42)10-12-34(13-11-33,32(35)41)29-28-22(36-30(29)31(39)40)5-3-7-26(28)45-19-21-18-44-25-8-4-6-24(43-2)27(21)25/h3-8,18,20,23,36,38,42H,9-17,19H2,1-2H3,(H2,35,41)(H,39,40)/t20-,23-,33?,34?/m0/s1. The number of likely N-dealkylation sites (tertiary alicyclic amines) is 1. The maximum absolute atomic E-state index is 13.4. The van der Waals surface area contributed by atoms with Crippen LogP contribution in [0.1, 0.15) is 67.1 Å². The van der Waals surface area contributed by atoms with Crippen molar-refractivity contribution in [2.45, 2.75) is 69.2 Å². The largest absolute Gasteiger partial charge is 0.496 e. The first kappa shape index (κ1) is 30.9. The molecule has 2 aromatic heterocycles. The molecule has 1 saturated heterocycles. The molecular formula is C34H41N3O8. The third-order valence-corrected chi connectivity index (χ3v) is 10.1. The molecule has 11 nitrogen and oxygen atoms in total. The molecule has 0 bridgehead atoms. The molecule has 0 radical (unpaired) electrons. The molecule has 1 amide bonds. The summed E-state index contributed by atoms with van der Waals surface area (Å²) in [5.74, 6) is -0.626. The molecule has 6 rings (SSSR count). The van der Waals surface area contributed by atoms with Crippen LogP contribution in [0, 0.1) is 5.92 Å². The predicted octanol–water partition coefficient (Wildman–Crippen LogP) is 4.32. The van der Waals surface area contributed by atoms with Gasteiger partial charge in [0.2, 0.25) is 5.91 Å². The number of carboxylic acid groups (broad SMARTS) is 1. The summed E-state index contributed by atoms with van der Waals surface area (Å²) in [6, 6.07) is 10.8. The van der Waals surface area contributed by atoms with Gasteiger partial charge >= 0.3 is 5.97 Å². The number of methoxy groups -OCH3 is 1. The smallest absolute Gasteiger partial charge is 0.352 e. The van der Waals surface area contributed by atoms with Gasteiger partial charge in [0.05, 0.1) is 41.4 Å². The topological polar surface area (TPSA) is 171 Å². The van der Waals surface area contributed by atoms with Crippen LogP contribution in [0.5, 0.6) is 11.5 Å². The fourth-order valence-corrected chi connectivity index (χ4v) is 7.33. The number of aliphatic hydroxyl groups excluding tert-OH is 1. The van der Waals surface area contributed by atoms with Crippen LogP contribution in [0.3, 0.4) is 0 Å². The molecule has 1 aliphatic carbocycles. The van der Waals surface area contributed by atoms with Crippen LogP contribution in [0.25, 0.3) is 21.9 Å². The third-order valence-electron chi connectivity index (χ3n) is 10.1. The molecule has 2 atom stereocenters. The van der Waals surface area contributed by atoms with Gasteiger partial charge in [0, 0.05) is 36.1 Å². The minimum Gasteiger partial charge on any atom is -0.496 e. The predicted molar refractivity (Wildman–Crippen MR) is 167 cm³/mol. The molecule has 0 unspecified atom stereocenters. The average molecular weight is 620 g/mol. The van der Waals surface area contributed by atoms with Gasteiger partial charge in [-0.1, -0.05) is 19.1 Å². The molecular weight excluding hydrogens is 578 g/mol. The molecule has 2 aromatic carbocycles. The number of hydrogen-bond donors (Lipinski definition) is 5. The van der Waals surface area contributed by atoms with Crippen LogP contribution < -0.4 is 15.2 Å². The second-order valence-corrected chi connectivity index (χ2v) is 12.8. The Bertz CT molecular complexity index is 1720. The number of amides is 1. The Balaban J connectivity index is 1.30. The summed E-state index contributed by atoms with van der Waals surface area (Å²) < 4.78 is 17.6. The van der Waals surface area contributed by atoms with Crippen molar-refractivity contribution in [3.05, 3.63) is 59.5 Å². The molecule has 4 aromatic rings. The zero-order valence-corrected chi connectivity index (χ0v) is 25.7. The Morgan fingerprint density at radius 1 is 1.11 bits per heavy atom. The lowest BCUT2D eigenvalue weighted by Crippen LogP contribution is -2.50. The summed E-state index contributed by atoms with van der Waals surface area (Å²) >= 11 is 0. The molecule has 2 aliphatic rings. The Morgan fingerprint density at radius 3 is 2.53 bits per heavy atom. The van der Waals surface area contributed by atoms with Crippen LogP contribution in [0.15, 0.2) is 47.1 Å². The Hall–Kier alpha value is -4.06. The van der Waals surface area contributed by atoms with Crippen molar-refractivity contribution in [3.8, 4) is 11.5 Å². The highest BCUT2D eigenvalue weighted by molar-refractivity contribution is 6.05. The summed E-state index contributed by atoms with van der Waals surface area (Å²) in [7, 11) is 1.58. The molecule has 11 heteroatoms. The van der Waals surface area contributed by atoms with Crippen molar-refractivity contribution in [2.24, 2.45) is 11.7 Å². The van der Waals surface area contributed by atoms with E-state index >= 15 is 0 Å². The van der Waals surface area contributed by atoms with E-state index in [1.54, 1.807) is 31.6 Å². The molecule has 1 saturated carbocycles. The monoisotopic (exact) mass is 619 g/mol. The molecule has 6 N–H and O–H groups in total. The number of aromatic amines is 1. The van der Waals surface area contributed by atoms with Gasteiger partial charge < -0.3 is 44.8 Å². The van der Waals surface area contributed by atoms with E-state index in [2.05, 4.69) is 9.88 Å². The second kappa shape index (κ2) is 12.0. The number of nitrogens with one attached hydrogen (secondary N) is 1. The van der Waals surface area contributed by atoms with E-state index in [1.807, 2.05) is 25.1 Å². The van der Waals surface area contributed by atoms with Gasteiger partial charge in [0.15, 0.2) is 0 Å². The Morgan fingerprint density at radius 2 is 1.84 bits per heavy atom. The number of benzene rings is 2. The van der Waals surface area contributed by atoms with Gasteiger partial charge in [-0.05, 0) is 68.7 Å². The first-order valence-electron chi connectivity index (χ1n) is 15.5. The number of carbonyl (C=O) groups is 2. The Labute approximate surface area is 260 Å². The van der Waals surface area contributed by atoms with Gasteiger partial charge in [-0.2, -0.15) is 0 Å². The number of aromatic carboxylic acids is 1. The molecule has 1 aliphatic heterocycles. The number of aliphatic hydroxyl groups is 2. The van der Waals surface area contributed by atoms with Crippen LogP contribution >= 0.6 is 0 Å². The van der Waals surface area contributed by atoms with Crippen molar-refractivity contribution < 1.29 is 38.8 Å². The number of carbonyl (C=O) groups excluding carboxylic acids is 1. The molecule has 2 fully saturated rings. The average Bonchev–Trinajstić information content (AvgIpc) is 3.64. The Kier molecular flexibility index (Phi) is 8.28. The van der Waals surface area contributed by atoms with Crippen molar-refractivity contribution in [3.63, 3.8) is 0 Å². The number of nitrogens with zero attached hydrogens (tertiary/aromatic N) is 1. The van der Waals surface area contributed by atoms with Crippen molar-refractivity contribution in [1.82, 2.24) is 9.88 Å². The zero-order chi connectivity index (χ0) is 31.9. The van der Waals surface area contributed by atoms with E-state index in [-0.39, 0.29) is 50.0 Å². The number of aromatic nitrogens is 1. The SMILES string of the molecule is COc1cccc2occ(COc3cccc4[nH]c(C(=O)O)c(C5(C(N)=O)CCC(O)(CCN6CC[C@H](O)[C@@H](C)C6)CC5)c34)c12. The minimum atomic E-state index is -1.33. The lowest BCUT2D eigenvalue weighted by atomic mass is 9.63. The first-order chi connectivity index (χ1) is 21.5. The van der Waals surface area contributed by atoms with Crippen LogP contribution in [0.4, 0.5) is 0 Å². The highest BCUT2D eigenvalue weighted by Crippen LogP contribution is 2.49. The summed E-state index contributed by atoms with van der Waals surface area (Å²) in [5.41, 5.74) is 5.88. The van der Waals surface area contributed by atoms with Gasteiger partial charge in [0.1, 0.15) is 29.4 Å². The number of rotatable bonds is 10. The normalized spacial score (nSPS) is 25.9. The number of carboxylic acids is 1. The fraction of sp³-hybridized carbons (Fsp3) is 0.471. The summed E-state index contributed by atoms with van der Waals surface area (Å²) in [5, 5.41) is 33.2.